The third-order valence-corrected chi connectivity index (χ3v) is 7.16. The van der Waals surface area contributed by atoms with Crippen LogP contribution in [-0.2, 0) is 4.74 Å². The maximum atomic E-state index is 5.77. The molecule has 2 rings (SSSR count). The second-order valence-electron chi connectivity index (χ2n) is 5.83. The van der Waals surface area contributed by atoms with Crippen LogP contribution in [0.15, 0.2) is 30.8 Å². The van der Waals surface area contributed by atoms with Crippen LogP contribution in [0, 0.1) is 0 Å². The lowest BCUT2D eigenvalue weighted by molar-refractivity contribution is 0.164. The van der Waals surface area contributed by atoms with Crippen molar-refractivity contribution in [1.29, 1.82) is 0 Å². The summed E-state index contributed by atoms with van der Waals surface area (Å²) in [5, 5.41) is 1.51. The number of nitrogens with zero attached hydrogens (tertiary/aromatic N) is 2. The Morgan fingerprint density at radius 2 is 1.86 bits per heavy atom. The Balaban J connectivity index is 2.00. The second-order valence-corrected chi connectivity index (χ2v) is 8.59. The summed E-state index contributed by atoms with van der Waals surface area (Å²) >= 11 is 0. The molecule has 21 heavy (non-hydrogen) atoms. The predicted molar refractivity (Wildman–Crippen MR) is 93.7 cm³/mol. The van der Waals surface area contributed by atoms with E-state index in [0.29, 0.717) is 0 Å². The Morgan fingerprint density at radius 3 is 2.43 bits per heavy atom. The molecule has 4 heteroatoms. The van der Waals surface area contributed by atoms with Gasteiger partial charge in [-0.2, -0.15) is 0 Å². The summed E-state index contributed by atoms with van der Waals surface area (Å²) in [6.07, 6.45) is 4.07. The molecular weight excluding hydrogens is 276 g/mol. The van der Waals surface area contributed by atoms with Gasteiger partial charge in [-0.3, -0.25) is 0 Å². The Morgan fingerprint density at radius 1 is 1.19 bits per heavy atom. The van der Waals surface area contributed by atoms with Crippen LogP contribution in [0.25, 0.3) is 6.08 Å². The summed E-state index contributed by atoms with van der Waals surface area (Å²) in [4.78, 5) is 5.03. The molecule has 1 atom stereocenters. The molecular formula is C17H28N2OSi. The number of likely N-dealkylation sites (N-methyl/N-ethyl adjacent to an activating group) is 1. The molecule has 1 aromatic carbocycles. The van der Waals surface area contributed by atoms with Crippen LogP contribution >= 0.6 is 0 Å². The topological polar surface area (TPSA) is 15.7 Å². The maximum absolute atomic E-state index is 5.77. The fourth-order valence-corrected chi connectivity index (χ4v) is 5.52. The van der Waals surface area contributed by atoms with Crippen molar-refractivity contribution in [3.8, 4) is 0 Å². The van der Waals surface area contributed by atoms with Crippen molar-refractivity contribution in [3.63, 3.8) is 0 Å². The zero-order chi connectivity index (χ0) is 15.1. The first kappa shape index (κ1) is 16.4. The zero-order valence-electron chi connectivity index (χ0n) is 13.4. The van der Waals surface area contributed by atoms with Gasteiger partial charge in [0.25, 0.3) is 0 Å². The molecule has 0 amide bonds. The number of ether oxygens (including phenoxy) is 1. The molecule has 116 valence electrons. The summed E-state index contributed by atoms with van der Waals surface area (Å²) < 4.78 is 5.77. The smallest absolute Gasteiger partial charge is 0.114 e. The lowest BCUT2D eigenvalue weighted by atomic mass is 10.2. The Labute approximate surface area is 130 Å². The van der Waals surface area contributed by atoms with E-state index in [1.54, 1.807) is 0 Å². The lowest BCUT2D eigenvalue weighted by Crippen LogP contribution is -2.52. The van der Waals surface area contributed by atoms with Gasteiger partial charge in [-0.05, 0) is 25.7 Å². The SMILES string of the molecule is C=Cc1ccc([SiH](COCC)CN2CCN(C)CC2)cc1. The Bertz CT molecular complexity index is 427. The standard InChI is InChI=1S/C17H28N2OSi/c1-4-16-6-8-17(9-7-16)21(15-20-5-2)14-19-12-10-18(3)11-13-19/h4,6-9,21H,1,5,10-15H2,2-3H3. The summed E-state index contributed by atoms with van der Waals surface area (Å²) in [5.74, 6) is 0. The number of hydrogen-bond acceptors (Lipinski definition) is 3. The van der Waals surface area contributed by atoms with E-state index in [0.717, 1.165) is 12.8 Å². The minimum atomic E-state index is -1.08. The van der Waals surface area contributed by atoms with E-state index in [-0.39, 0.29) is 0 Å². The van der Waals surface area contributed by atoms with Crippen LogP contribution < -0.4 is 5.19 Å². The van der Waals surface area contributed by atoms with Gasteiger partial charge in [0.15, 0.2) is 0 Å². The molecule has 0 aromatic heterocycles. The summed E-state index contributed by atoms with van der Waals surface area (Å²) in [6.45, 7) is 11.5. The Hall–Kier alpha value is -0.943. The molecule has 1 aliphatic rings. The molecule has 0 spiro atoms. The molecule has 0 N–H and O–H groups in total. The van der Waals surface area contributed by atoms with Crippen LogP contribution in [0.1, 0.15) is 12.5 Å². The largest absolute Gasteiger partial charge is 0.385 e. The van der Waals surface area contributed by atoms with Crippen LogP contribution in [0.3, 0.4) is 0 Å². The zero-order valence-corrected chi connectivity index (χ0v) is 14.6. The third kappa shape index (κ3) is 5.07. The number of piperazine rings is 1. The highest BCUT2D eigenvalue weighted by Crippen LogP contribution is 2.03. The van der Waals surface area contributed by atoms with Gasteiger partial charge in [-0.15, -0.1) is 0 Å². The number of benzene rings is 1. The van der Waals surface area contributed by atoms with Crippen LogP contribution in [-0.4, -0.2) is 70.8 Å². The van der Waals surface area contributed by atoms with Gasteiger partial charge in [0, 0.05) is 39.0 Å². The molecule has 1 saturated heterocycles. The molecule has 1 aromatic rings. The third-order valence-electron chi connectivity index (χ3n) is 4.24. The first-order valence-electron chi connectivity index (χ1n) is 7.94. The van der Waals surface area contributed by atoms with Crippen molar-refractivity contribution in [2.75, 3.05) is 52.2 Å². The van der Waals surface area contributed by atoms with Gasteiger partial charge in [0.05, 0.1) is 0 Å². The molecule has 1 heterocycles. The monoisotopic (exact) mass is 304 g/mol. The normalized spacial score (nSPS) is 18.6. The van der Waals surface area contributed by atoms with Gasteiger partial charge < -0.3 is 14.5 Å². The van der Waals surface area contributed by atoms with E-state index in [2.05, 4.69) is 54.6 Å². The molecule has 1 unspecified atom stereocenters. The first-order valence-corrected chi connectivity index (χ1v) is 10.1. The van der Waals surface area contributed by atoms with Gasteiger partial charge in [-0.25, -0.2) is 0 Å². The van der Waals surface area contributed by atoms with Crippen molar-refractivity contribution < 1.29 is 4.74 Å². The van der Waals surface area contributed by atoms with Crippen LogP contribution in [0.2, 0.25) is 0 Å². The molecule has 3 nitrogen and oxygen atoms in total. The van der Waals surface area contributed by atoms with Crippen molar-refractivity contribution in [1.82, 2.24) is 9.80 Å². The van der Waals surface area contributed by atoms with E-state index in [9.17, 15) is 0 Å². The van der Waals surface area contributed by atoms with E-state index < -0.39 is 8.80 Å². The van der Waals surface area contributed by atoms with Crippen molar-refractivity contribution in [3.05, 3.63) is 36.4 Å². The van der Waals surface area contributed by atoms with Gasteiger partial charge in [0.2, 0.25) is 0 Å². The highest BCUT2D eigenvalue weighted by Gasteiger charge is 2.21. The summed E-state index contributed by atoms with van der Waals surface area (Å²) in [7, 11) is 1.12. The van der Waals surface area contributed by atoms with Gasteiger partial charge >= 0.3 is 0 Å². The fraction of sp³-hybridized carbons (Fsp3) is 0.529. The van der Waals surface area contributed by atoms with Crippen molar-refractivity contribution in [2.24, 2.45) is 0 Å². The molecule has 1 aliphatic heterocycles. The first-order chi connectivity index (χ1) is 10.2. The van der Waals surface area contributed by atoms with Crippen molar-refractivity contribution >= 4 is 20.1 Å². The molecule has 0 radical (unpaired) electrons. The van der Waals surface area contributed by atoms with Gasteiger partial charge in [-0.1, -0.05) is 42.1 Å². The number of hydrogen-bond donors (Lipinski definition) is 0. The van der Waals surface area contributed by atoms with Crippen molar-refractivity contribution in [2.45, 2.75) is 6.92 Å². The quantitative estimate of drug-likeness (QED) is 0.702. The van der Waals surface area contributed by atoms with E-state index in [1.165, 1.54) is 43.1 Å². The molecule has 0 saturated carbocycles. The Kier molecular flexibility index (Phi) is 6.64. The highest BCUT2D eigenvalue weighted by molar-refractivity contribution is 6.73. The molecule has 0 bridgehead atoms. The molecule has 1 fully saturated rings. The van der Waals surface area contributed by atoms with Crippen LogP contribution in [0.4, 0.5) is 0 Å². The summed E-state index contributed by atoms with van der Waals surface area (Å²) in [5.41, 5.74) is 1.20. The lowest BCUT2D eigenvalue weighted by Gasteiger charge is -2.34. The number of rotatable bonds is 7. The second kappa shape index (κ2) is 8.49. The minimum Gasteiger partial charge on any atom is -0.385 e. The predicted octanol–water partition coefficient (Wildman–Crippen LogP) is 1.13. The average Bonchev–Trinajstić information content (AvgIpc) is 2.53. The maximum Gasteiger partial charge on any atom is 0.114 e. The fourth-order valence-electron chi connectivity index (χ4n) is 2.76. The highest BCUT2D eigenvalue weighted by atomic mass is 28.3. The van der Waals surface area contributed by atoms with E-state index >= 15 is 0 Å². The van der Waals surface area contributed by atoms with E-state index in [1.807, 2.05) is 6.08 Å². The summed E-state index contributed by atoms with van der Waals surface area (Å²) in [6, 6.07) is 8.92. The van der Waals surface area contributed by atoms with Gasteiger partial charge in [0.1, 0.15) is 8.80 Å². The van der Waals surface area contributed by atoms with E-state index in [4.69, 9.17) is 4.74 Å². The minimum absolute atomic E-state index is 0.816. The average molecular weight is 305 g/mol. The van der Waals surface area contributed by atoms with Crippen LogP contribution in [0.5, 0.6) is 0 Å². The molecule has 0 aliphatic carbocycles.